The van der Waals surface area contributed by atoms with Gasteiger partial charge in [-0.15, -0.1) is 0 Å². The zero-order chi connectivity index (χ0) is 8.10. The van der Waals surface area contributed by atoms with Crippen molar-refractivity contribution in [2.45, 2.75) is 19.3 Å². The second-order valence-corrected chi connectivity index (χ2v) is 2.75. The van der Waals surface area contributed by atoms with Gasteiger partial charge in [0.15, 0.2) is 0 Å². The van der Waals surface area contributed by atoms with Crippen LogP contribution in [0.3, 0.4) is 0 Å². The van der Waals surface area contributed by atoms with Crippen LogP contribution in [0.5, 0.6) is 0 Å². The Morgan fingerprint density at radius 3 is 2.73 bits per heavy atom. The summed E-state index contributed by atoms with van der Waals surface area (Å²) in [5.74, 6) is 0. The minimum absolute atomic E-state index is 0.633. The molecule has 0 heterocycles. The van der Waals surface area contributed by atoms with Crippen LogP contribution in [-0.2, 0) is 0 Å². The molecule has 1 aliphatic rings. The van der Waals surface area contributed by atoms with Gasteiger partial charge in [0.1, 0.15) is 0 Å². The molecular formula is C10H15N. The van der Waals surface area contributed by atoms with Gasteiger partial charge >= 0.3 is 0 Å². The molecule has 0 atom stereocenters. The molecule has 0 bridgehead atoms. The van der Waals surface area contributed by atoms with Crippen molar-refractivity contribution in [2.75, 3.05) is 6.54 Å². The third-order valence-electron chi connectivity index (χ3n) is 2.01. The molecular weight excluding hydrogens is 134 g/mol. The summed E-state index contributed by atoms with van der Waals surface area (Å²) in [6.45, 7) is 4.41. The van der Waals surface area contributed by atoms with Gasteiger partial charge < -0.3 is 5.73 Å². The minimum atomic E-state index is 0.633. The second kappa shape index (κ2) is 4.14. The van der Waals surface area contributed by atoms with Gasteiger partial charge in [0.2, 0.25) is 0 Å². The van der Waals surface area contributed by atoms with Crippen molar-refractivity contribution in [1.29, 1.82) is 0 Å². The molecule has 0 aromatic heterocycles. The van der Waals surface area contributed by atoms with Gasteiger partial charge in [-0.1, -0.05) is 24.8 Å². The lowest BCUT2D eigenvalue weighted by atomic mass is 10.1. The Morgan fingerprint density at radius 2 is 2.09 bits per heavy atom. The largest absolute Gasteiger partial charge is 0.327 e. The van der Waals surface area contributed by atoms with E-state index >= 15 is 0 Å². The van der Waals surface area contributed by atoms with Crippen LogP contribution in [0.2, 0.25) is 0 Å². The first-order valence-corrected chi connectivity index (χ1v) is 4.09. The van der Waals surface area contributed by atoms with Gasteiger partial charge in [0.05, 0.1) is 0 Å². The standard InChI is InChI=1S/C10H15N/c1-2-9-5-3-6-10(9)7-4-8-11/h2,4,7H,1,3,5-6,8,11H2/b7-4-. The first-order valence-electron chi connectivity index (χ1n) is 4.09. The number of allylic oxidation sites excluding steroid dienone is 4. The Bertz CT molecular complexity index is 199. The van der Waals surface area contributed by atoms with E-state index in [-0.39, 0.29) is 0 Å². The lowest BCUT2D eigenvalue weighted by Crippen LogP contribution is -1.92. The predicted molar refractivity (Wildman–Crippen MR) is 49.3 cm³/mol. The predicted octanol–water partition coefficient (Wildman–Crippen LogP) is 2.17. The first-order chi connectivity index (χ1) is 5.38. The molecule has 0 fully saturated rings. The molecule has 0 spiro atoms. The molecule has 0 unspecified atom stereocenters. The molecule has 2 N–H and O–H groups in total. The molecule has 1 heteroatoms. The molecule has 0 amide bonds. The van der Waals surface area contributed by atoms with Crippen molar-refractivity contribution in [1.82, 2.24) is 0 Å². The van der Waals surface area contributed by atoms with Gasteiger partial charge in [-0.3, -0.25) is 0 Å². The molecule has 60 valence electrons. The SMILES string of the molecule is C=CC1=C(/C=C\CN)CCC1. The van der Waals surface area contributed by atoms with Gasteiger partial charge in [0.25, 0.3) is 0 Å². The number of nitrogens with two attached hydrogens (primary N) is 1. The third kappa shape index (κ3) is 2.05. The molecule has 0 saturated heterocycles. The molecule has 0 saturated carbocycles. The fourth-order valence-corrected chi connectivity index (χ4v) is 1.42. The van der Waals surface area contributed by atoms with E-state index in [1.807, 2.05) is 12.2 Å². The van der Waals surface area contributed by atoms with E-state index < -0.39 is 0 Å². The van der Waals surface area contributed by atoms with E-state index in [1.165, 1.54) is 30.4 Å². The molecule has 1 aliphatic carbocycles. The van der Waals surface area contributed by atoms with E-state index in [9.17, 15) is 0 Å². The van der Waals surface area contributed by atoms with Gasteiger partial charge in [-0.05, 0) is 30.4 Å². The highest BCUT2D eigenvalue weighted by molar-refractivity contribution is 5.35. The zero-order valence-corrected chi connectivity index (χ0v) is 6.84. The number of hydrogen-bond donors (Lipinski definition) is 1. The Kier molecular flexibility index (Phi) is 3.12. The normalized spacial score (nSPS) is 18.3. The third-order valence-corrected chi connectivity index (χ3v) is 2.01. The molecule has 0 radical (unpaired) electrons. The van der Waals surface area contributed by atoms with Crippen LogP contribution >= 0.6 is 0 Å². The van der Waals surface area contributed by atoms with E-state index in [0.717, 1.165) is 0 Å². The minimum Gasteiger partial charge on any atom is -0.327 e. The maximum Gasteiger partial charge on any atom is 0.0110 e. The van der Waals surface area contributed by atoms with Crippen LogP contribution in [0.1, 0.15) is 19.3 Å². The van der Waals surface area contributed by atoms with Gasteiger partial charge in [0, 0.05) is 6.54 Å². The number of rotatable bonds is 3. The summed E-state index contributed by atoms with van der Waals surface area (Å²) < 4.78 is 0. The maximum absolute atomic E-state index is 5.36. The smallest absolute Gasteiger partial charge is 0.0110 e. The molecule has 1 rings (SSSR count). The average Bonchev–Trinajstić information content (AvgIpc) is 2.47. The summed E-state index contributed by atoms with van der Waals surface area (Å²) in [6.07, 6.45) is 9.74. The van der Waals surface area contributed by atoms with Crippen LogP contribution in [0.4, 0.5) is 0 Å². The van der Waals surface area contributed by atoms with Gasteiger partial charge in [-0.25, -0.2) is 0 Å². The quantitative estimate of drug-likeness (QED) is 0.654. The Morgan fingerprint density at radius 1 is 1.36 bits per heavy atom. The van der Waals surface area contributed by atoms with E-state index in [1.54, 1.807) is 0 Å². The Labute approximate surface area is 68.3 Å². The van der Waals surface area contributed by atoms with Crippen LogP contribution in [0, 0.1) is 0 Å². The van der Waals surface area contributed by atoms with E-state index in [0.29, 0.717) is 6.54 Å². The number of hydrogen-bond acceptors (Lipinski definition) is 1. The molecule has 0 aromatic rings. The monoisotopic (exact) mass is 149 g/mol. The first kappa shape index (κ1) is 8.28. The topological polar surface area (TPSA) is 26.0 Å². The van der Waals surface area contributed by atoms with Crippen LogP contribution in [-0.4, -0.2) is 6.54 Å². The summed E-state index contributed by atoms with van der Waals surface area (Å²) in [5.41, 5.74) is 8.18. The van der Waals surface area contributed by atoms with Crippen molar-refractivity contribution in [3.05, 3.63) is 36.0 Å². The highest BCUT2D eigenvalue weighted by Crippen LogP contribution is 2.27. The summed E-state index contributed by atoms with van der Waals surface area (Å²) in [4.78, 5) is 0. The lowest BCUT2D eigenvalue weighted by Gasteiger charge is -1.94. The fourth-order valence-electron chi connectivity index (χ4n) is 1.42. The second-order valence-electron chi connectivity index (χ2n) is 2.75. The molecule has 0 aromatic carbocycles. The molecule has 0 aliphatic heterocycles. The van der Waals surface area contributed by atoms with Crippen molar-refractivity contribution in [3.8, 4) is 0 Å². The van der Waals surface area contributed by atoms with Crippen LogP contribution < -0.4 is 5.73 Å². The average molecular weight is 149 g/mol. The summed E-state index contributed by atoms with van der Waals surface area (Å²) in [7, 11) is 0. The van der Waals surface area contributed by atoms with E-state index in [4.69, 9.17) is 5.73 Å². The Hall–Kier alpha value is -0.820. The van der Waals surface area contributed by atoms with Crippen molar-refractivity contribution in [3.63, 3.8) is 0 Å². The van der Waals surface area contributed by atoms with Gasteiger partial charge in [-0.2, -0.15) is 0 Å². The summed E-state index contributed by atoms with van der Waals surface area (Å²) >= 11 is 0. The summed E-state index contributed by atoms with van der Waals surface area (Å²) in [6, 6.07) is 0. The van der Waals surface area contributed by atoms with Crippen LogP contribution in [0.25, 0.3) is 0 Å². The maximum atomic E-state index is 5.36. The highest BCUT2D eigenvalue weighted by atomic mass is 14.5. The zero-order valence-electron chi connectivity index (χ0n) is 6.84. The van der Waals surface area contributed by atoms with Crippen molar-refractivity contribution >= 4 is 0 Å². The lowest BCUT2D eigenvalue weighted by molar-refractivity contribution is 0.906. The van der Waals surface area contributed by atoms with Crippen molar-refractivity contribution in [2.24, 2.45) is 5.73 Å². The highest BCUT2D eigenvalue weighted by Gasteiger charge is 2.07. The summed E-state index contributed by atoms with van der Waals surface area (Å²) in [5, 5.41) is 0. The molecule has 11 heavy (non-hydrogen) atoms. The Balaban J connectivity index is 2.66. The fraction of sp³-hybridized carbons (Fsp3) is 0.400. The molecule has 1 nitrogen and oxygen atoms in total. The van der Waals surface area contributed by atoms with Crippen molar-refractivity contribution < 1.29 is 0 Å². The van der Waals surface area contributed by atoms with E-state index in [2.05, 4.69) is 12.7 Å². The van der Waals surface area contributed by atoms with Crippen LogP contribution in [0.15, 0.2) is 36.0 Å².